The van der Waals surface area contributed by atoms with Crippen molar-refractivity contribution in [2.75, 3.05) is 22.0 Å². The molecular weight excluding hydrogens is 620 g/mol. The van der Waals surface area contributed by atoms with E-state index in [1.54, 1.807) is 0 Å². The third kappa shape index (κ3) is 9.38. The molecule has 2 N–H and O–H groups in total. The Morgan fingerprint density at radius 2 is 1.00 bits per heavy atom. The number of unbranched alkanes of at least 4 members (excludes halogenated alkanes) is 4. The van der Waals surface area contributed by atoms with Gasteiger partial charge >= 0.3 is 0 Å². The molecule has 1 aliphatic rings. The molecule has 0 aromatic heterocycles. The Kier molecular flexibility index (Phi) is 11.6. The molecule has 14 heteroatoms. The van der Waals surface area contributed by atoms with Crippen LogP contribution in [-0.4, -0.2) is 39.2 Å². The molecule has 0 amide bonds. The summed E-state index contributed by atoms with van der Waals surface area (Å²) in [6, 6.07) is 5.58. The highest BCUT2D eigenvalue weighted by molar-refractivity contribution is 7.92. The van der Waals surface area contributed by atoms with Gasteiger partial charge in [0.05, 0.1) is 22.4 Å². The number of nitrogens with zero attached hydrogens (tertiary/aromatic N) is 2. The minimum Gasteiger partial charge on any atom is -0.277 e. The van der Waals surface area contributed by atoms with Crippen LogP contribution in [0.25, 0.3) is 11.1 Å². The quantitative estimate of drug-likeness (QED) is 0.0921. The summed E-state index contributed by atoms with van der Waals surface area (Å²) >= 11 is 0. The van der Waals surface area contributed by atoms with Crippen molar-refractivity contribution >= 4 is 42.8 Å². The molecule has 0 atom stereocenters. The van der Waals surface area contributed by atoms with E-state index in [1.807, 2.05) is 0 Å². The van der Waals surface area contributed by atoms with Crippen LogP contribution in [0.5, 0.6) is 0 Å². The molecule has 0 unspecified atom stereocenters. The molecule has 2 aromatic carbocycles. The fourth-order valence-electron chi connectivity index (χ4n) is 6.40. The second-order valence-corrected chi connectivity index (χ2v) is 16.7. The summed E-state index contributed by atoms with van der Waals surface area (Å²) in [5.74, 6) is 1.09. The Hall–Kier alpha value is -3.26. The molecule has 0 spiro atoms. The largest absolute Gasteiger partial charge is 0.293 e. The maximum Gasteiger partial charge on any atom is 0.293 e. The van der Waals surface area contributed by atoms with E-state index in [2.05, 4.69) is 37.1 Å². The predicted molar refractivity (Wildman–Crippen MR) is 179 cm³/mol. The molecule has 0 saturated heterocycles. The van der Waals surface area contributed by atoms with Crippen molar-refractivity contribution in [1.29, 1.82) is 0 Å². The highest BCUT2D eigenvalue weighted by atomic mass is 32.2. The van der Waals surface area contributed by atoms with Crippen LogP contribution in [0.2, 0.25) is 0 Å². The monoisotopic (exact) mass is 666 g/mol. The van der Waals surface area contributed by atoms with Gasteiger partial charge in [-0.3, -0.25) is 29.7 Å². The van der Waals surface area contributed by atoms with E-state index in [9.17, 15) is 37.1 Å². The SMILES string of the molecule is CC(C)CCCCCC1(CCCCCC(C)C)c2cc(NS(C)(=O)=O)c([N+](=O)[O-])cc2-c2cc([N+](=O)[O-])c(NS(C)(=O)=O)cc21. The lowest BCUT2D eigenvalue weighted by Gasteiger charge is -2.33. The third-order valence-electron chi connectivity index (χ3n) is 8.35. The number of hydrogen-bond donors (Lipinski definition) is 2. The first-order valence-electron chi connectivity index (χ1n) is 15.5. The van der Waals surface area contributed by atoms with Crippen LogP contribution in [0.1, 0.15) is 103 Å². The molecule has 12 nitrogen and oxygen atoms in total. The molecule has 250 valence electrons. The van der Waals surface area contributed by atoms with Gasteiger partial charge in [0.2, 0.25) is 20.0 Å². The van der Waals surface area contributed by atoms with E-state index >= 15 is 0 Å². The average molecular weight is 667 g/mol. The molecule has 0 heterocycles. The maximum atomic E-state index is 12.3. The molecule has 0 radical (unpaired) electrons. The van der Waals surface area contributed by atoms with Crippen LogP contribution in [0.15, 0.2) is 24.3 Å². The van der Waals surface area contributed by atoms with Gasteiger partial charge in [0.25, 0.3) is 11.4 Å². The molecule has 1 aliphatic carbocycles. The molecule has 0 bridgehead atoms. The fourth-order valence-corrected chi connectivity index (χ4v) is 7.53. The summed E-state index contributed by atoms with van der Waals surface area (Å²) < 4.78 is 53.7. The third-order valence-corrected chi connectivity index (χ3v) is 9.53. The Morgan fingerprint density at radius 1 is 0.644 bits per heavy atom. The summed E-state index contributed by atoms with van der Waals surface area (Å²) in [5, 5.41) is 24.3. The summed E-state index contributed by atoms with van der Waals surface area (Å²) in [6.45, 7) is 8.65. The van der Waals surface area contributed by atoms with E-state index < -0.39 is 46.7 Å². The predicted octanol–water partition coefficient (Wildman–Crippen LogP) is 7.73. The number of nitrogens with one attached hydrogen (secondary N) is 2. The smallest absolute Gasteiger partial charge is 0.277 e. The summed E-state index contributed by atoms with van der Waals surface area (Å²) in [4.78, 5) is 22.9. The number of nitro groups is 2. The van der Waals surface area contributed by atoms with E-state index in [0.29, 0.717) is 46.9 Å². The second-order valence-electron chi connectivity index (χ2n) is 13.2. The lowest BCUT2D eigenvalue weighted by Crippen LogP contribution is -2.26. The summed E-state index contributed by atoms with van der Waals surface area (Å²) in [6.07, 6.45) is 10.6. The van der Waals surface area contributed by atoms with Gasteiger partial charge in [-0.15, -0.1) is 0 Å². The Bertz CT molecular complexity index is 1520. The molecule has 3 rings (SSSR count). The van der Waals surface area contributed by atoms with Crippen LogP contribution >= 0.6 is 0 Å². The van der Waals surface area contributed by atoms with Crippen LogP contribution < -0.4 is 9.44 Å². The first-order chi connectivity index (χ1) is 20.8. The van der Waals surface area contributed by atoms with Crippen molar-refractivity contribution in [3.63, 3.8) is 0 Å². The molecule has 45 heavy (non-hydrogen) atoms. The zero-order valence-corrected chi connectivity index (χ0v) is 28.6. The van der Waals surface area contributed by atoms with E-state index in [1.165, 1.54) is 24.3 Å². The van der Waals surface area contributed by atoms with Crippen LogP contribution in [0.4, 0.5) is 22.7 Å². The number of rotatable bonds is 18. The Labute approximate surface area is 266 Å². The van der Waals surface area contributed by atoms with Crippen molar-refractivity contribution in [3.8, 4) is 11.1 Å². The van der Waals surface area contributed by atoms with E-state index in [-0.39, 0.29) is 11.4 Å². The number of hydrogen-bond acceptors (Lipinski definition) is 8. The van der Waals surface area contributed by atoms with Gasteiger partial charge in [-0.1, -0.05) is 79.1 Å². The fraction of sp³-hybridized carbons (Fsp3) is 0.613. The van der Waals surface area contributed by atoms with Crippen molar-refractivity contribution in [3.05, 3.63) is 55.6 Å². The number of sulfonamides is 2. The zero-order valence-electron chi connectivity index (χ0n) is 27.0. The average Bonchev–Trinajstić information content (AvgIpc) is 3.13. The molecule has 0 aliphatic heterocycles. The second kappa shape index (κ2) is 14.4. The Balaban J connectivity index is 2.32. The van der Waals surface area contributed by atoms with Crippen LogP contribution in [0, 0.1) is 32.1 Å². The standard InChI is InChI=1S/C31H46N4O8S2/c1-21(2)13-9-7-11-15-31(16-12-8-10-14-22(3)4)25-19-27(32-44(5,40)41)29(34(36)37)17-23(25)24-18-30(35(38)39)28(20-26(24)31)33-45(6,42)43/h17-22,32-33H,7-16H2,1-6H3. The molecule has 0 saturated carbocycles. The topological polar surface area (TPSA) is 179 Å². The van der Waals surface area contributed by atoms with Crippen LogP contribution in [0.3, 0.4) is 0 Å². The van der Waals surface area contributed by atoms with Crippen molar-refractivity contribution in [1.82, 2.24) is 0 Å². The van der Waals surface area contributed by atoms with E-state index in [0.717, 1.165) is 63.9 Å². The maximum absolute atomic E-state index is 12.3. The van der Waals surface area contributed by atoms with Crippen molar-refractivity contribution < 1.29 is 26.7 Å². The lowest BCUT2D eigenvalue weighted by molar-refractivity contribution is -0.384. The van der Waals surface area contributed by atoms with Gasteiger partial charge in [-0.25, -0.2) is 16.8 Å². The highest BCUT2D eigenvalue weighted by Gasteiger charge is 2.45. The number of anilines is 2. The van der Waals surface area contributed by atoms with E-state index in [4.69, 9.17) is 0 Å². The molecular formula is C31H46N4O8S2. The number of benzene rings is 2. The highest BCUT2D eigenvalue weighted by Crippen LogP contribution is 2.58. The number of fused-ring (bicyclic) bond motifs is 3. The van der Waals surface area contributed by atoms with Crippen molar-refractivity contribution in [2.45, 2.75) is 97.3 Å². The lowest BCUT2D eigenvalue weighted by atomic mass is 9.70. The van der Waals surface area contributed by atoms with Crippen molar-refractivity contribution in [2.24, 2.45) is 11.8 Å². The van der Waals surface area contributed by atoms with Gasteiger partial charge in [0, 0.05) is 17.5 Å². The first-order valence-corrected chi connectivity index (χ1v) is 19.2. The van der Waals surface area contributed by atoms with Gasteiger partial charge < -0.3 is 0 Å². The van der Waals surface area contributed by atoms with Gasteiger partial charge in [-0.2, -0.15) is 0 Å². The Morgan fingerprint density at radius 3 is 1.29 bits per heavy atom. The normalized spacial score (nSPS) is 14.0. The van der Waals surface area contributed by atoms with Gasteiger partial charge in [-0.05, 0) is 59.1 Å². The van der Waals surface area contributed by atoms with Gasteiger partial charge in [0.1, 0.15) is 11.4 Å². The summed E-state index contributed by atoms with van der Waals surface area (Å²) in [5.41, 5.74) is 0.0197. The summed E-state index contributed by atoms with van der Waals surface area (Å²) in [7, 11) is -7.77. The van der Waals surface area contributed by atoms with Gasteiger partial charge in [0.15, 0.2) is 0 Å². The molecule has 0 fully saturated rings. The number of nitro benzene ring substituents is 2. The zero-order chi connectivity index (χ0) is 33.7. The minimum absolute atomic E-state index is 0.179. The first kappa shape index (κ1) is 36.2. The van der Waals surface area contributed by atoms with Crippen LogP contribution in [-0.2, 0) is 25.5 Å². The minimum atomic E-state index is -3.89. The molecule has 2 aromatic rings.